The van der Waals surface area contributed by atoms with E-state index in [4.69, 9.17) is 11.5 Å². The molecule has 0 saturated carbocycles. The van der Waals surface area contributed by atoms with Crippen molar-refractivity contribution in [3.8, 4) is 0 Å². The summed E-state index contributed by atoms with van der Waals surface area (Å²) in [5, 5.41) is 2.57. The van der Waals surface area contributed by atoms with Gasteiger partial charge in [-0.15, -0.1) is 12.4 Å². The van der Waals surface area contributed by atoms with Gasteiger partial charge in [0.25, 0.3) is 0 Å². The summed E-state index contributed by atoms with van der Waals surface area (Å²) in [5.74, 6) is -0.873. The van der Waals surface area contributed by atoms with Crippen LogP contribution in [-0.2, 0) is 9.59 Å². The highest BCUT2D eigenvalue weighted by Gasteiger charge is 2.20. The highest BCUT2D eigenvalue weighted by molar-refractivity contribution is 5.87. The third-order valence-corrected chi connectivity index (χ3v) is 2.23. The highest BCUT2D eigenvalue weighted by Crippen LogP contribution is 2.12. The Hall–Kier alpha value is -1.59. The van der Waals surface area contributed by atoms with Gasteiger partial charge >= 0.3 is 0 Å². The summed E-state index contributed by atoms with van der Waals surface area (Å²) < 4.78 is 0. The van der Waals surface area contributed by atoms with Gasteiger partial charge in [-0.05, 0) is 12.5 Å². The first-order valence-electron chi connectivity index (χ1n) is 5.40. The number of hydrogen-bond donors (Lipinski definition) is 3. The number of rotatable bonds is 5. The van der Waals surface area contributed by atoms with Crippen LogP contribution >= 0.6 is 12.4 Å². The quantitative estimate of drug-likeness (QED) is 0.727. The number of benzene rings is 1. The molecule has 0 aliphatic heterocycles. The molecular weight excluding hydrogens is 254 g/mol. The summed E-state index contributed by atoms with van der Waals surface area (Å²) >= 11 is 0. The van der Waals surface area contributed by atoms with Crippen LogP contribution < -0.4 is 16.8 Å². The van der Waals surface area contributed by atoms with Gasteiger partial charge in [-0.2, -0.15) is 0 Å². The molecule has 0 spiro atoms. The zero-order valence-corrected chi connectivity index (χ0v) is 10.9. The maximum absolute atomic E-state index is 11.5. The molecule has 5 nitrogen and oxygen atoms in total. The second-order valence-corrected chi connectivity index (χ2v) is 3.99. The van der Waals surface area contributed by atoms with Gasteiger partial charge in [0.1, 0.15) is 6.04 Å². The molecule has 2 amide bonds. The van der Waals surface area contributed by atoms with Gasteiger partial charge in [-0.1, -0.05) is 30.3 Å². The summed E-state index contributed by atoms with van der Waals surface area (Å²) in [6.45, 7) is 1.72. The molecule has 1 rings (SSSR count). The van der Waals surface area contributed by atoms with E-state index in [0.717, 1.165) is 0 Å². The molecule has 5 N–H and O–H groups in total. The molecule has 2 unspecified atom stereocenters. The summed E-state index contributed by atoms with van der Waals surface area (Å²) in [6, 6.07) is 7.81. The second-order valence-electron chi connectivity index (χ2n) is 3.99. The molecule has 0 aromatic heterocycles. The topological polar surface area (TPSA) is 98.2 Å². The van der Waals surface area contributed by atoms with Crippen molar-refractivity contribution < 1.29 is 9.59 Å². The molecule has 1 aromatic rings. The van der Waals surface area contributed by atoms with Crippen molar-refractivity contribution in [2.75, 3.05) is 0 Å². The van der Waals surface area contributed by atoms with E-state index in [0.29, 0.717) is 5.56 Å². The largest absolute Gasteiger partial charge is 0.368 e. The molecular formula is C12H18ClN3O2. The maximum atomic E-state index is 11.5. The van der Waals surface area contributed by atoms with Crippen LogP contribution in [0.2, 0.25) is 0 Å². The average Bonchev–Trinajstić information content (AvgIpc) is 2.25. The average molecular weight is 272 g/mol. The molecule has 0 fully saturated rings. The van der Waals surface area contributed by atoms with E-state index in [1.165, 1.54) is 0 Å². The van der Waals surface area contributed by atoms with E-state index in [1.807, 2.05) is 6.07 Å². The van der Waals surface area contributed by atoms with Crippen LogP contribution in [0.25, 0.3) is 0 Å². The molecule has 6 heteroatoms. The van der Waals surface area contributed by atoms with E-state index < -0.39 is 11.9 Å². The van der Waals surface area contributed by atoms with Gasteiger partial charge in [0.15, 0.2) is 0 Å². The van der Waals surface area contributed by atoms with E-state index >= 15 is 0 Å². The number of nitrogens with two attached hydrogens (primary N) is 2. The number of carbonyl (C=O) groups is 2. The lowest BCUT2D eigenvalue weighted by molar-refractivity contribution is -0.127. The predicted molar refractivity (Wildman–Crippen MR) is 72.0 cm³/mol. The van der Waals surface area contributed by atoms with Gasteiger partial charge in [0.2, 0.25) is 11.8 Å². The summed E-state index contributed by atoms with van der Waals surface area (Å²) in [7, 11) is 0. The van der Waals surface area contributed by atoms with Crippen molar-refractivity contribution in [2.45, 2.75) is 25.4 Å². The third kappa shape index (κ3) is 5.16. The third-order valence-electron chi connectivity index (χ3n) is 2.23. The smallest absolute Gasteiger partial charge is 0.244 e. The first-order valence-corrected chi connectivity index (χ1v) is 5.40. The number of carbonyl (C=O) groups excluding carboxylic acids is 2. The molecule has 0 saturated heterocycles. The Balaban J connectivity index is 0.00000289. The molecule has 0 heterocycles. The molecule has 1 aromatic carbocycles. The molecule has 0 radical (unpaired) electrons. The van der Waals surface area contributed by atoms with Crippen LogP contribution in [0.4, 0.5) is 0 Å². The zero-order chi connectivity index (χ0) is 12.8. The number of amides is 2. The SMILES string of the molecule is CC(N)CC(=O)NC(C(N)=O)c1ccccc1.Cl. The molecule has 0 aliphatic carbocycles. The molecule has 0 bridgehead atoms. The Labute approximate surface area is 112 Å². The van der Waals surface area contributed by atoms with Crippen molar-refractivity contribution in [1.29, 1.82) is 0 Å². The lowest BCUT2D eigenvalue weighted by Crippen LogP contribution is -2.39. The van der Waals surface area contributed by atoms with Gasteiger partial charge in [-0.3, -0.25) is 9.59 Å². The molecule has 2 atom stereocenters. The van der Waals surface area contributed by atoms with Crippen LogP contribution in [0.15, 0.2) is 30.3 Å². The van der Waals surface area contributed by atoms with Crippen LogP contribution in [0, 0.1) is 0 Å². The number of halogens is 1. The fraction of sp³-hybridized carbons (Fsp3) is 0.333. The van der Waals surface area contributed by atoms with Crippen molar-refractivity contribution in [3.63, 3.8) is 0 Å². The fourth-order valence-electron chi connectivity index (χ4n) is 1.48. The minimum atomic E-state index is -0.803. The van der Waals surface area contributed by atoms with Crippen LogP contribution in [0.1, 0.15) is 24.9 Å². The standard InChI is InChI=1S/C12H17N3O2.ClH/c1-8(13)7-10(16)15-11(12(14)17)9-5-3-2-4-6-9;/h2-6,8,11H,7,13H2,1H3,(H2,14,17)(H,15,16);1H. The zero-order valence-electron chi connectivity index (χ0n) is 10.1. The van der Waals surface area contributed by atoms with E-state index in [1.54, 1.807) is 31.2 Å². The lowest BCUT2D eigenvalue weighted by Gasteiger charge is -2.16. The van der Waals surface area contributed by atoms with Crippen LogP contribution in [-0.4, -0.2) is 17.9 Å². The Morgan fingerprint density at radius 1 is 1.28 bits per heavy atom. The van der Waals surface area contributed by atoms with Gasteiger partial charge in [-0.25, -0.2) is 0 Å². The minimum absolute atomic E-state index is 0. The van der Waals surface area contributed by atoms with E-state index in [-0.39, 0.29) is 30.8 Å². The highest BCUT2D eigenvalue weighted by atomic mass is 35.5. The maximum Gasteiger partial charge on any atom is 0.244 e. The van der Waals surface area contributed by atoms with Crippen molar-refractivity contribution in [2.24, 2.45) is 11.5 Å². The number of hydrogen-bond acceptors (Lipinski definition) is 3. The Kier molecular flexibility index (Phi) is 7.00. The molecule has 18 heavy (non-hydrogen) atoms. The van der Waals surface area contributed by atoms with Crippen molar-refractivity contribution in [3.05, 3.63) is 35.9 Å². The van der Waals surface area contributed by atoms with Crippen LogP contribution in [0.3, 0.4) is 0 Å². The minimum Gasteiger partial charge on any atom is -0.368 e. The first-order chi connectivity index (χ1) is 8.00. The van der Waals surface area contributed by atoms with Crippen LogP contribution in [0.5, 0.6) is 0 Å². The summed E-state index contributed by atoms with van der Waals surface area (Å²) in [6.07, 6.45) is 0.163. The Morgan fingerprint density at radius 3 is 2.28 bits per heavy atom. The monoisotopic (exact) mass is 271 g/mol. The van der Waals surface area contributed by atoms with E-state index in [9.17, 15) is 9.59 Å². The lowest BCUT2D eigenvalue weighted by atomic mass is 10.1. The second kappa shape index (κ2) is 7.68. The molecule has 100 valence electrons. The first kappa shape index (κ1) is 16.4. The normalized spacial score (nSPS) is 13.0. The van der Waals surface area contributed by atoms with Crippen molar-refractivity contribution >= 4 is 24.2 Å². The number of nitrogens with one attached hydrogen (secondary N) is 1. The number of primary amides is 1. The van der Waals surface area contributed by atoms with Gasteiger partial charge < -0.3 is 16.8 Å². The summed E-state index contributed by atoms with van der Waals surface area (Å²) in [4.78, 5) is 22.8. The Morgan fingerprint density at radius 2 is 1.83 bits per heavy atom. The summed E-state index contributed by atoms with van der Waals surface area (Å²) in [5.41, 5.74) is 11.4. The fourth-order valence-corrected chi connectivity index (χ4v) is 1.48. The van der Waals surface area contributed by atoms with Gasteiger partial charge in [0, 0.05) is 12.5 Å². The molecule has 0 aliphatic rings. The van der Waals surface area contributed by atoms with Gasteiger partial charge in [0.05, 0.1) is 0 Å². The van der Waals surface area contributed by atoms with E-state index in [2.05, 4.69) is 5.32 Å². The predicted octanol–water partition coefficient (Wildman–Crippen LogP) is 0.488. The Bertz CT molecular complexity index is 396. The van der Waals surface area contributed by atoms with Crippen molar-refractivity contribution in [1.82, 2.24) is 5.32 Å².